The SMILES string of the molecule is CC(C)(C)OC(=O)NC(CN[C@@H]1C(=O)N(Cc2cccc(C(N)=O)c2)[C@@H]2C[C@@H]12)C(=O)N1CCCC1C#N. The highest BCUT2D eigenvalue weighted by Crippen LogP contribution is 2.46. The molecule has 2 unspecified atom stereocenters. The number of nitrogens with two attached hydrogens (primary N) is 1. The van der Waals surface area contributed by atoms with Crippen molar-refractivity contribution in [1.29, 1.82) is 5.26 Å². The number of carbonyl (C=O) groups is 4. The molecule has 2 aliphatic heterocycles. The maximum Gasteiger partial charge on any atom is 0.408 e. The van der Waals surface area contributed by atoms with Crippen molar-refractivity contribution < 1.29 is 23.9 Å². The molecule has 11 nitrogen and oxygen atoms in total. The largest absolute Gasteiger partial charge is 0.444 e. The molecule has 3 fully saturated rings. The van der Waals surface area contributed by atoms with Crippen molar-refractivity contribution in [3.63, 3.8) is 0 Å². The van der Waals surface area contributed by atoms with Gasteiger partial charge in [-0.1, -0.05) is 12.1 Å². The van der Waals surface area contributed by atoms with Gasteiger partial charge in [0.1, 0.15) is 17.7 Å². The van der Waals surface area contributed by atoms with Crippen LogP contribution in [0.3, 0.4) is 0 Å². The van der Waals surface area contributed by atoms with Crippen LogP contribution in [0.15, 0.2) is 24.3 Å². The zero-order valence-electron chi connectivity index (χ0n) is 21.4. The van der Waals surface area contributed by atoms with Crippen LogP contribution >= 0.6 is 0 Å². The molecule has 2 heterocycles. The van der Waals surface area contributed by atoms with Crippen molar-refractivity contribution >= 4 is 23.8 Å². The topological polar surface area (TPSA) is 158 Å². The molecule has 4 N–H and O–H groups in total. The van der Waals surface area contributed by atoms with Gasteiger partial charge in [0.25, 0.3) is 0 Å². The quantitative estimate of drug-likeness (QED) is 0.468. The number of primary amides is 1. The first-order valence-electron chi connectivity index (χ1n) is 12.6. The Morgan fingerprint density at radius 2 is 2.05 bits per heavy atom. The Kier molecular flexibility index (Phi) is 7.41. The molecule has 37 heavy (non-hydrogen) atoms. The molecule has 1 aliphatic carbocycles. The molecule has 5 atom stereocenters. The highest BCUT2D eigenvalue weighted by Gasteiger charge is 2.58. The van der Waals surface area contributed by atoms with Crippen LogP contribution in [-0.2, 0) is 20.9 Å². The van der Waals surface area contributed by atoms with Gasteiger partial charge in [-0.3, -0.25) is 14.4 Å². The summed E-state index contributed by atoms with van der Waals surface area (Å²) in [4.78, 5) is 53.8. The number of amides is 4. The second-order valence-corrected chi connectivity index (χ2v) is 10.9. The van der Waals surface area contributed by atoms with Gasteiger partial charge in [-0.15, -0.1) is 0 Å². The summed E-state index contributed by atoms with van der Waals surface area (Å²) in [7, 11) is 0. The minimum absolute atomic E-state index is 0.0252. The maximum absolute atomic E-state index is 13.3. The Bertz CT molecular complexity index is 1130. The number of hydrogen-bond donors (Lipinski definition) is 3. The first kappa shape index (κ1) is 26.4. The predicted molar refractivity (Wildman–Crippen MR) is 133 cm³/mol. The Balaban J connectivity index is 1.43. The molecular formula is C26H34N6O5. The average Bonchev–Trinajstić information content (AvgIpc) is 3.36. The zero-order chi connectivity index (χ0) is 26.9. The van der Waals surface area contributed by atoms with Crippen LogP contribution in [0.25, 0.3) is 0 Å². The molecular weight excluding hydrogens is 476 g/mol. The second-order valence-electron chi connectivity index (χ2n) is 10.9. The number of carbonyl (C=O) groups excluding carboxylic acids is 4. The minimum atomic E-state index is -0.991. The van der Waals surface area contributed by atoms with E-state index in [1.165, 1.54) is 4.90 Å². The van der Waals surface area contributed by atoms with E-state index in [1.807, 2.05) is 6.07 Å². The molecule has 3 aliphatic rings. The smallest absolute Gasteiger partial charge is 0.408 e. The molecule has 1 aromatic carbocycles. The van der Waals surface area contributed by atoms with Crippen LogP contribution in [0.4, 0.5) is 4.79 Å². The molecule has 4 amide bonds. The summed E-state index contributed by atoms with van der Waals surface area (Å²) in [6.07, 6.45) is 1.40. The molecule has 1 saturated carbocycles. The van der Waals surface area contributed by atoms with Crippen LogP contribution in [0.5, 0.6) is 0 Å². The number of nitriles is 1. The van der Waals surface area contributed by atoms with Gasteiger partial charge in [0.2, 0.25) is 17.7 Å². The number of fused-ring (bicyclic) bond motifs is 1. The van der Waals surface area contributed by atoms with Gasteiger partial charge in [0.05, 0.1) is 12.1 Å². The van der Waals surface area contributed by atoms with Gasteiger partial charge >= 0.3 is 6.09 Å². The van der Waals surface area contributed by atoms with Gasteiger partial charge in [-0.25, -0.2) is 4.79 Å². The average molecular weight is 511 g/mol. The molecule has 0 spiro atoms. The van der Waals surface area contributed by atoms with Gasteiger partial charge in [-0.05, 0) is 57.7 Å². The highest BCUT2D eigenvalue weighted by molar-refractivity contribution is 5.93. The summed E-state index contributed by atoms with van der Waals surface area (Å²) in [5.74, 6) is -0.892. The number of hydrogen-bond acceptors (Lipinski definition) is 7. The number of rotatable bonds is 8. The van der Waals surface area contributed by atoms with Crippen LogP contribution in [-0.4, -0.2) is 76.5 Å². The summed E-state index contributed by atoms with van der Waals surface area (Å²) in [5.41, 5.74) is 5.83. The normalized spacial score (nSPS) is 25.3. The van der Waals surface area contributed by atoms with Crippen molar-refractivity contribution in [3.8, 4) is 6.07 Å². The first-order valence-corrected chi connectivity index (χ1v) is 12.6. The van der Waals surface area contributed by atoms with Gasteiger partial charge in [-0.2, -0.15) is 5.26 Å². The molecule has 11 heteroatoms. The lowest BCUT2D eigenvalue weighted by molar-refractivity contribution is -0.134. The van der Waals surface area contributed by atoms with E-state index in [0.717, 1.165) is 12.0 Å². The van der Waals surface area contributed by atoms with Crippen molar-refractivity contribution in [2.75, 3.05) is 13.1 Å². The van der Waals surface area contributed by atoms with Crippen LogP contribution in [0.1, 0.15) is 56.0 Å². The number of benzene rings is 1. The van der Waals surface area contributed by atoms with E-state index < -0.39 is 35.7 Å². The molecule has 0 aromatic heterocycles. The van der Waals surface area contributed by atoms with Crippen LogP contribution in [0, 0.1) is 17.2 Å². The fourth-order valence-electron chi connectivity index (χ4n) is 5.16. The van der Waals surface area contributed by atoms with E-state index in [1.54, 1.807) is 43.9 Å². The fourth-order valence-corrected chi connectivity index (χ4v) is 5.16. The van der Waals surface area contributed by atoms with Gasteiger partial charge in [0.15, 0.2) is 0 Å². The standard InChI is InChI=1S/C26H34N6O5/c1-26(2,3)37-25(36)30-19(23(34)31-9-5-8-17(31)12-27)13-29-21-18-11-20(18)32(24(21)35)14-15-6-4-7-16(10-15)22(28)33/h4,6-7,10,17-21,29H,5,8-9,11,13-14H2,1-3H3,(H2,28,33)(H,30,36)/t17?,18-,19?,20-,21+/m1/s1. The number of alkyl carbamates (subject to hydrolysis) is 1. The highest BCUT2D eigenvalue weighted by atomic mass is 16.6. The summed E-state index contributed by atoms with van der Waals surface area (Å²) < 4.78 is 5.34. The number of nitrogens with zero attached hydrogens (tertiary/aromatic N) is 3. The third-order valence-electron chi connectivity index (χ3n) is 6.96. The second kappa shape index (κ2) is 10.4. The van der Waals surface area contributed by atoms with Crippen molar-refractivity contribution in [2.24, 2.45) is 11.7 Å². The third kappa shape index (κ3) is 6.02. The van der Waals surface area contributed by atoms with Crippen molar-refractivity contribution in [1.82, 2.24) is 20.4 Å². The summed E-state index contributed by atoms with van der Waals surface area (Å²) in [6, 6.07) is 7.11. The fraction of sp³-hybridized carbons (Fsp3) is 0.577. The lowest BCUT2D eigenvalue weighted by Gasteiger charge is -2.29. The molecule has 0 bridgehead atoms. The first-order chi connectivity index (χ1) is 17.5. The molecule has 2 saturated heterocycles. The van der Waals surface area contributed by atoms with Crippen molar-refractivity contribution in [2.45, 2.75) is 76.3 Å². The molecule has 198 valence electrons. The van der Waals surface area contributed by atoms with E-state index >= 15 is 0 Å². The Hall–Kier alpha value is -3.65. The van der Waals surface area contributed by atoms with E-state index in [2.05, 4.69) is 16.7 Å². The lowest BCUT2D eigenvalue weighted by Crippen LogP contribution is -2.56. The van der Waals surface area contributed by atoms with E-state index in [4.69, 9.17) is 10.5 Å². The zero-order valence-corrected chi connectivity index (χ0v) is 21.4. The van der Waals surface area contributed by atoms with Gasteiger partial charge in [0, 0.05) is 37.2 Å². The van der Waals surface area contributed by atoms with E-state index in [-0.39, 0.29) is 30.3 Å². The van der Waals surface area contributed by atoms with E-state index in [0.29, 0.717) is 31.5 Å². The number of ether oxygens (including phenoxy) is 1. The molecule has 4 rings (SSSR count). The summed E-state index contributed by atoms with van der Waals surface area (Å²) in [6.45, 7) is 6.01. The minimum Gasteiger partial charge on any atom is -0.444 e. The number of piperidine rings is 1. The number of likely N-dealkylation sites (tertiary alicyclic amines) is 2. The maximum atomic E-state index is 13.3. The number of nitrogens with one attached hydrogen (secondary N) is 2. The molecule has 0 radical (unpaired) electrons. The summed E-state index contributed by atoms with van der Waals surface area (Å²) in [5, 5.41) is 15.3. The Labute approximate surface area is 216 Å². The van der Waals surface area contributed by atoms with E-state index in [9.17, 15) is 24.4 Å². The third-order valence-corrected chi connectivity index (χ3v) is 6.96. The monoisotopic (exact) mass is 510 g/mol. The Morgan fingerprint density at radius 1 is 1.30 bits per heavy atom. The Morgan fingerprint density at radius 3 is 2.73 bits per heavy atom. The van der Waals surface area contributed by atoms with Crippen molar-refractivity contribution in [3.05, 3.63) is 35.4 Å². The van der Waals surface area contributed by atoms with Crippen LogP contribution < -0.4 is 16.4 Å². The summed E-state index contributed by atoms with van der Waals surface area (Å²) >= 11 is 0. The van der Waals surface area contributed by atoms with Crippen LogP contribution in [0.2, 0.25) is 0 Å². The van der Waals surface area contributed by atoms with Gasteiger partial charge < -0.3 is 30.9 Å². The molecule has 1 aromatic rings. The lowest BCUT2D eigenvalue weighted by atomic mass is 10.1. The predicted octanol–water partition coefficient (Wildman–Crippen LogP) is 0.882.